The molecular formula is C13H16N4O2S2. The van der Waals surface area contributed by atoms with Crippen molar-refractivity contribution in [3.05, 3.63) is 27.7 Å². The smallest absolute Gasteiger partial charge is 0.240 e. The lowest BCUT2D eigenvalue weighted by molar-refractivity contribution is -0.119. The number of nitrogens with zero attached hydrogens (tertiary/aromatic N) is 3. The molecule has 1 fully saturated rings. The largest absolute Gasteiger partial charge is 0.368 e. The van der Waals surface area contributed by atoms with E-state index in [0.29, 0.717) is 24.8 Å². The third kappa shape index (κ3) is 3.85. The lowest BCUT2D eigenvalue weighted by Crippen LogP contribution is -2.42. The molecule has 2 aromatic heterocycles. The molecule has 0 radical (unpaired) electrons. The number of carbonyl (C=O) groups is 1. The molecule has 3 rings (SSSR count). The Morgan fingerprint density at radius 2 is 2.48 bits per heavy atom. The van der Waals surface area contributed by atoms with Crippen LogP contribution < -0.4 is 5.32 Å². The van der Waals surface area contributed by atoms with Crippen molar-refractivity contribution in [3.8, 4) is 0 Å². The number of hydrogen-bond acceptors (Lipinski definition) is 7. The maximum atomic E-state index is 12.0. The predicted molar refractivity (Wildman–Crippen MR) is 82.7 cm³/mol. The molecular weight excluding hydrogens is 308 g/mol. The van der Waals surface area contributed by atoms with Crippen molar-refractivity contribution in [2.75, 3.05) is 31.6 Å². The molecule has 0 bridgehead atoms. The highest BCUT2D eigenvalue weighted by Crippen LogP contribution is 2.23. The van der Waals surface area contributed by atoms with E-state index in [9.17, 15) is 4.79 Å². The molecule has 1 unspecified atom stereocenters. The van der Waals surface area contributed by atoms with Crippen molar-refractivity contribution in [2.45, 2.75) is 13.0 Å². The monoisotopic (exact) mass is 324 g/mol. The van der Waals surface area contributed by atoms with Crippen LogP contribution in [-0.2, 0) is 9.53 Å². The van der Waals surface area contributed by atoms with Gasteiger partial charge in [-0.25, -0.2) is 9.97 Å². The van der Waals surface area contributed by atoms with E-state index in [1.54, 1.807) is 17.5 Å². The molecule has 1 atom stereocenters. The number of carbonyl (C=O) groups excluding carboxylic acids is 1. The number of amides is 1. The molecule has 0 spiro atoms. The number of morpholine rings is 1. The first kappa shape index (κ1) is 14.6. The van der Waals surface area contributed by atoms with E-state index in [1.807, 2.05) is 17.7 Å². The third-order valence-corrected chi connectivity index (χ3v) is 4.85. The third-order valence-electron chi connectivity index (χ3n) is 3.11. The number of aromatic nitrogens is 2. The fourth-order valence-corrected chi connectivity index (χ4v) is 3.54. The van der Waals surface area contributed by atoms with Crippen molar-refractivity contribution in [1.82, 2.24) is 14.9 Å². The number of thiazole rings is 2. The summed E-state index contributed by atoms with van der Waals surface area (Å²) in [5.74, 6) is -0.0378. The number of aryl methyl sites for hydroxylation is 1. The summed E-state index contributed by atoms with van der Waals surface area (Å²) in [6, 6.07) is 0. The fraction of sp³-hybridized carbons (Fsp3) is 0.462. The second-order valence-corrected chi connectivity index (χ2v) is 6.59. The number of anilines is 1. The first-order valence-electron chi connectivity index (χ1n) is 6.66. The Hall–Kier alpha value is -1.35. The molecule has 0 saturated carbocycles. The zero-order valence-corrected chi connectivity index (χ0v) is 13.2. The number of rotatable bonds is 4. The zero-order chi connectivity index (χ0) is 14.7. The van der Waals surface area contributed by atoms with Gasteiger partial charge in [0, 0.05) is 30.0 Å². The summed E-state index contributed by atoms with van der Waals surface area (Å²) in [5, 5.41) is 8.31. The zero-order valence-electron chi connectivity index (χ0n) is 11.6. The van der Waals surface area contributed by atoms with Gasteiger partial charge in [0.2, 0.25) is 5.91 Å². The van der Waals surface area contributed by atoms with E-state index < -0.39 is 0 Å². The van der Waals surface area contributed by atoms with Crippen LogP contribution in [0, 0.1) is 6.92 Å². The van der Waals surface area contributed by atoms with Gasteiger partial charge in [-0.2, -0.15) is 0 Å². The fourth-order valence-electron chi connectivity index (χ4n) is 2.16. The standard InChI is InChI=1S/C13H16N4O2S2/c1-9-8-21-13(15-9)16-11(18)7-17-3-4-19-10(6-17)12-14-2-5-20-12/h2,5,8,10H,3-4,6-7H2,1H3,(H,15,16,18). The van der Waals surface area contributed by atoms with Crippen LogP contribution in [0.5, 0.6) is 0 Å². The minimum Gasteiger partial charge on any atom is -0.368 e. The Morgan fingerprint density at radius 1 is 1.57 bits per heavy atom. The summed E-state index contributed by atoms with van der Waals surface area (Å²) in [7, 11) is 0. The SMILES string of the molecule is Cc1csc(NC(=O)CN2CCOC(c3nccs3)C2)n1. The molecule has 3 heterocycles. The van der Waals surface area contributed by atoms with Crippen LogP contribution in [0.3, 0.4) is 0 Å². The molecule has 1 aliphatic rings. The molecule has 112 valence electrons. The van der Waals surface area contributed by atoms with E-state index >= 15 is 0 Å². The average Bonchev–Trinajstić information content (AvgIpc) is 3.11. The summed E-state index contributed by atoms with van der Waals surface area (Å²) in [4.78, 5) is 22.6. The summed E-state index contributed by atoms with van der Waals surface area (Å²) in [5.41, 5.74) is 0.922. The number of hydrogen-bond donors (Lipinski definition) is 1. The molecule has 1 saturated heterocycles. The first-order chi connectivity index (χ1) is 10.2. The van der Waals surface area contributed by atoms with Gasteiger partial charge in [-0.05, 0) is 6.92 Å². The molecule has 6 nitrogen and oxygen atoms in total. The minimum atomic E-state index is -0.0378. The van der Waals surface area contributed by atoms with Gasteiger partial charge in [-0.1, -0.05) is 0 Å². The number of ether oxygens (including phenoxy) is 1. The molecule has 1 aliphatic heterocycles. The lowest BCUT2D eigenvalue weighted by Gasteiger charge is -2.31. The molecule has 1 N–H and O–H groups in total. The second kappa shape index (κ2) is 6.61. The van der Waals surface area contributed by atoms with Crippen molar-refractivity contribution in [1.29, 1.82) is 0 Å². The summed E-state index contributed by atoms with van der Waals surface area (Å²) in [6.45, 7) is 4.33. The van der Waals surface area contributed by atoms with Crippen molar-refractivity contribution in [2.24, 2.45) is 0 Å². The van der Waals surface area contributed by atoms with Crippen molar-refractivity contribution >= 4 is 33.7 Å². The normalized spacial score (nSPS) is 19.6. The molecule has 0 aromatic carbocycles. The van der Waals surface area contributed by atoms with Crippen molar-refractivity contribution in [3.63, 3.8) is 0 Å². The Labute approximate surface area is 130 Å². The van der Waals surface area contributed by atoms with Crippen LogP contribution in [0.15, 0.2) is 17.0 Å². The first-order valence-corrected chi connectivity index (χ1v) is 8.42. The molecule has 0 aliphatic carbocycles. The van der Waals surface area contributed by atoms with Gasteiger partial charge in [0.25, 0.3) is 0 Å². The molecule has 2 aromatic rings. The second-order valence-electron chi connectivity index (χ2n) is 4.81. The van der Waals surface area contributed by atoms with Crippen LogP contribution in [0.1, 0.15) is 16.8 Å². The summed E-state index contributed by atoms with van der Waals surface area (Å²) < 4.78 is 5.72. The Balaban J connectivity index is 1.53. The van der Waals surface area contributed by atoms with Crippen molar-refractivity contribution < 1.29 is 9.53 Å². The van der Waals surface area contributed by atoms with Crippen LogP contribution in [0.25, 0.3) is 0 Å². The maximum Gasteiger partial charge on any atom is 0.240 e. The van der Waals surface area contributed by atoms with Gasteiger partial charge in [0.15, 0.2) is 5.13 Å². The predicted octanol–water partition coefficient (Wildman–Crippen LogP) is 1.92. The lowest BCUT2D eigenvalue weighted by atomic mass is 10.3. The highest BCUT2D eigenvalue weighted by molar-refractivity contribution is 7.13. The van der Waals surface area contributed by atoms with E-state index in [-0.39, 0.29) is 12.0 Å². The van der Waals surface area contributed by atoms with E-state index in [4.69, 9.17) is 4.74 Å². The summed E-state index contributed by atoms with van der Waals surface area (Å²) in [6.07, 6.45) is 1.74. The molecule has 21 heavy (non-hydrogen) atoms. The van der Waals surface area contributed by atoms with Gasteiger partial charge in [-0.3, -0.25) is 9.69 Å². The maximum absolute atomic E-state index is 12.0. The Bertz CT molecular complexity index is 599. The highest BCUT2D eigenvalue weighted by atomic mass is 32.1. The van der Waals surface area contributed by atoms with Gasteiger partial charge in [-0.15, -0.1) is 22.7 Å². The van der Waals surface area contributed by atoms with E-state index in [2.05, 4.69) is 20.2 Å². The highest BCUT2D eigenvalue weighted by Gasteiger charge is 2.25. The Morgan fingerprint density at radius 3 is 3.19 bits per heavy atom. The van der Waals surface area contributed by atoms with Gasteiger partial charge in [0.1, 0.15) is 11.1 Å². The molecule has 1 amide bonds. The van der Waals surface area contributed by atoms with Crippen LogP contribution >= 0.6 is 22.7 Å². The van der Waals surface area contributed by atoms with Gasteiger partial charge >= 0.3 is 0 Å². The molecule has 8 heteroatoms. The van der Waals surface area contributed by atoms with E-state index in [1.165, 1.54) is 11.3 Å². The Kier molecular flexibility index (Phi) is 4.59. The van der Waals surface area contributed by atoms with Gasteiger partial charge < -0.3 is 10.1 Å². The average molecular weight is 324 g/mol. The minimum absolute atomic E-state index is 0.0337. The van der Waals surface area contributed by atoms with Crippen LogP contribution in [0.4, 0.5) is 5.13 Å². The number of nitrogens with one attached hydrogen (secondary N) is 1. The van der Waals surface area contributed by atoms with E-state index in [0.717, 1.165) is 17.2 Å². The topological polar surface area (TPSA) is 67.4 Å². The van der Waals surface area contributed by atoms with Gasteiger partial charge in [0.05, 0.1) is 18.8 Å². The van der Waals surface area contributed by atoms with Crippen LogP contribution in [-0.4, -0.2) is 47.0 Å². The quantitative estimate of drug-likeness (QED) is 0.931. The summed E-state index contributed by atoms with van der Waals surface area (Å²) >= 11 is 3.03. The van der Waals surface area contributed by atoms with Crippen LogP contribution in [0.2, 0.25) is 0 Å².